The Morgan fingerprint density at radius 2 is 2.17 bits per heavy atom. The molecule has 0 heterocycles. The van der Waals surface area contributed by atoms with E-state index in [4.69, 9.17) is 16.7 Å². The van der Waals surface area contributed by atoms with Gasteiger partial charge in [-0.25, -0.2) is 4.79 Å². The molecule has 0 fully saturated rings. The fourth-order valence-electron chi connectivity index (χ4n) is 1.68. The van der Waals surface area contributed by atoms with Crippen LogP contribution in [-0.2, 0) is 4.79 Å². The molecule has 0 radical (unpaired) electrons. The summed E-state index contributed by atoms with van der Waals surface area (Å²) in [5, 5.41) is 12.8. The maximum absolute atomic E-state index is 10.8. The summed E-state index contributed by atoms with van der Waals surface area (Å²) in [6.45, 7) is 4.35. The van der Waals surface area contributed by atoms with E-state index >= 15 is 0 Å². The summed E-state index contributed by atoms with van der Waals surface area (Å²) in [6.07, 6.45) is 2.23. The van der Waals surface area contributed by atoms with Crippen molar-refractivity contribution in [1.82, 2.24) is 5.32 Å². The Labute approximate surface area is 112 Å². The van der Waals surface area contributed by atoms with Crippen molar-refractivity contribution in [1.29, 1.82) is 0 Å². The Kier molecular flexibility index (Phi) is 5.89. The molecule has 0 aliphatic rings. The van der Waals surface area contributed by atoms with Gasteiger partial charge in [0.1, 0.15) is 0 Å². The van der Waals surface area contributed by atoms with Crippen LogP contribution in [0.1, 0.15) is 31.9 Å². The SMILES string of the molecule is CC/C(=C/CN[C@H](C)c1ccccc1Cl)C(=O)O. The van der Waals surface area contributed by atoms with Crippen molar-refractivity contribution in [2.45, 2.75) is 26.3 Å². The molecule has 18 heavy (non-hydrogen) atoms. The Bertz CT molecular complexity index is 443. The highest BCUT2D eigenvalue weighted by molar-refractivity contribution is 6.31. The van der Waals surface area contributed by atoms with Gasteiger partial charge in [0.05, 0.1) is 0 Å². The van der Waals surface area contributed by atoms with Crippen molar-refractivity contribution in [3.05, 3.63) is 46.5 Å². The molecular formula is C14H18ClNO2. The largest absolute Gasteiger partial charge is 0.478 e. The summed E-state index contributed by atoms with van der Waals surface area (Å²) in [4.78, 5) is 10.8. The number of halogens is 1. The predicted molar refractivity (Wildman–Crippen MR) is 73.9 cm³/mol. The number of carboxylic acids is 1. The van der Waals surface area contributed by atoms with Gasteiger partial charge in [-0.2, -0.15) is 0 Å². The second-order valence-electron chi connectivity index (χ2n) is 4.04. The van der Waals surface area contributed by atoms with Crippen molar-refractivity contribution in [2.24, 2.45) is 0 Å². The third kappa shape index (κ3) is 4.17. The van der Waals surface area contributed by atoms with Gasteiger partial charge in [-0.3, -0.25) is 0 Å². The van der Waals surface area contributed by atoms with E-state index in [-0.39, 0.29) is 6.04 Å². The lowest BCUT2D eigenvalue weighted by Gasteiger charge is -2.14. The fourth-order valence-corrected chi connectivity index (χ4v) is 1.98. The van der Waals surface area contributed by atoms with E-state index in [9.17, 15) is 4.79 Å². The molecule has 4 heteroatoms. The van der Waals surface area contributed by atoms with Crippen LogP contribution in [-0.4, -0.2) is 17.6 Å². The van der Waals surface area contributed by atoms with Gasteiger partial charge < -0.3 is 10.4 Å². The zero-order chi connectivity index (χ0) is 13.5. The summed E-state index contributed by atoms with van der Waals surface area (Å²) in [7, 11) is 0. The first kappa shape index (κ1) is 14.7. The molecule has 0 unspecified atom stereocenters. The van der Waals surface area contributed by atoms with Crippen molar-refractivity contribution < 1.29 is 9.90 Å². The van der Waals surface area contributed by atoms with E-state index in [0.717, 1.165) is 10.6 Å². The van der Waals surface area contributed by atoms with Gasteiger partial charge in [-0.05, 0) is 25.0 Å². The van der Waals surface area contributed by atoms with Crippen LogP contribution in [0.25, 0.3) is 0 Å². The van der Waals surface area contributed by atoms with Crippen LogP contribution in [0, 0.1) is 0 Å². The van der Waals surface area contributed by atoms with Crippen LogP contribution in [0.15, 0.2) is 35.9 Å². The van der Waals surface area contributed by atoms with Crippen LogP contribution in [0.3, 0.4) is 0 Å². The number of hydrogen-bond acceptors (Lipinski definition) is 2. The number of carboxylic acid groups (broad SMARTS) is 1. The lowest BCUT2D eigenvalue weighted by atomic mass is 10.1. The van der Waals surface area contributed by atoms with Gasteiger partial charge in [0, 0.05) is 23.2 Å². The minimum absolute atomic E-state index is 0.0850. The quantitative estimate of drug-likeness (QED) is 0.777. The number of hydrogen-bond donors (Lipinski definition) is 2. The van der Waals surface area contributed by atoms with Gasteiger partial charge in [-0.1, -0.05) is 42.8 Å². The summed E-state index contributed by atoms with van der Waals surface area (Å²) in [5.74, 6) is -0.857. The van der Waals surface area contributed by atoms with Crippen LogP contribution < -0.4 is 5.32 Å². The van der Waals surface area contributed by atoms with Gasteiger partial charge in [-0.15, -0.1) is 0 Å². The van der Waals surface area contributed by atoms with Crippen molar-refractivity contribution in [3.8, 4) is 0 Å². The summed E-state index contributed by atoms with van der Waals surface area (Å²) in [6, 6.07) is 7.71. The van der Waals surface area contributed by atoms with E-state index in [1.54, 1.807) is 6.08 Å². The Morgan fingerprint density at radius 1 is 1.50 bits per heavy atom. The van der Waals surface area contributed by atoms with Crippen LogP contribution in [0.5, 0.6) is 0 Å². The molecule has 0 saturated heterocycles. The van der Waals surface area contributed by atoms with E-state index in [1.807, 2.05) is 38.1 Å². The molecule has 0 spiro atoms. The third-order valence-corrected chi connectivity index (χ3v) is 3.14. The second kappa shape index (κ2) is 7.19. The molecule has 1 rings (SSSR count). The highest BCUT2D eigenvalue weighted by Gasteiger charge is 2.08. The maximum Gasteiger partial charge on any atom is 0.331 e. The summed E-state index contributed by atoms with van der Waals surface area (Å²) >= 11 is 6.09. The first-order chi connectivity index (χ1) is 8.56. The Hall–Kier alpha value is -1.32. The first-order valence-corrected chi connectivity index (χ1v) is 6.34. The van der Waals surface area contributed by atoms with Gasteiger partial charge in [0.2, 0.25) is 0 Å². The lowest BCUT2D eigenvalue weighted by Crippen LogP contribution is -2.19. The average Bonchev–Trinajstić information content (AvgIpc) is 2.34. The summed E-state index contributed by atoms with van der Waals surface area (Å²) in [5.41, 5.74) is 1.44. The number of carbonyl (C=O) groups is 1. The van der Waals surface area contributed by atoms with Crippen molar-refractivity contribution in [3.63, 3.8) is 0 Å². The van der Waals surface area contributed by atoms with E-state index in [1.165, 1.54) is 0 Å². The number of rotatable bonds is 6. The minimum atomic E-state index is -0.857. The lowest BCUT2D eigenvalue weighted by molar-refractivity contribution is -0.132. The topological polar surface area (TPSA) is 49.3 Å². The summed E-state index contributed by atoms with van der Waals surface area (Å²) < 4.78 is 0. The molecule has 0 aliphatic heterocycles. The smallest absolute Gasteiger partial charge is 0.331 e. The minimum Gasteiger partial charge on any atom is -0.478 e. The second-order valence-corrected chi connectivity index (χ2v) is 4.45. The standard InChI is InChI=1S/C14H18ClNO2/c1-3-11(14(17)18)8-9-16-10(2)12-6-4-5-7-13(12)15/h4-8,10,16H,3,9H2,1-2H3,(H,17,18)/b11-8-/t10-/m1/s1. The van der Waals surface area contributed by atoms with Crippen LogP contribution >= 0.6 is 11.6 Å². The number of aliphatic carboxylic acids is 1. The molecule has 0 aliphatic carbocycles. The zero-order valence-electron chi connectivity index (χ0n) is 10.6. The molecule has 0 aromatic heterocycles. The predicted octanol–water partition coefficient (Wildman–Crippen LogP) is 3.41. The van der Waals surface area contributed by atoms with Crippen molar-refractivity contribution >= 4 is 17.6 Å². The number of benzene rings is 1. The van der Waals surface area contributed by atoms with Gasteiger partial charge in [0.25, 0.3) is 0 Å². The highest BCUT2D eigenvalue weighted by Crippen LogP contribution is 2.21. The third-order valence-electron chi connectivity index (χ3n) is 2.80. The van der Waals surface area contributed by atoms with Gasteiger partial charge in [0.15, 0.2) is 0 Å². The molecule has 1 aromatic carbocycles. The molecule has 2 N–H and O–H groups in total. The fraction of sp³-hybridized carbons (Fsp3) is 0.357. The monoisotopic (exact) mass is 267 g/mol. The molecular weight excluding hydrogens is 250 g/mol. The van der Waals surface area contributed by atoms with Crippen LogP contribution in [0.4, 0.5) is 0 Å². The van der Waals surface area contributed by atoms with Crippen molar-refractivity contribution in [2.75, 3.05) is 6.54 Å². The van der Waals surface area contributed by atoms with E-state index < -0.39 is 5.97 Å². The van der Waals surface area contributed by atoms with Crippen LogP contribution in [0.2, 0.25) is 5.02 Å². The van der Waals surface area contributed by atoms with E-state index in [0.29, 0.717) is 18.5 Å². The number of nitrogens with one attached hydrogen (secondary N) is 1. The molecule has 3 nitrogen and oxygen atoms in total. The normalized spacial score (nSPS) is 13.4. The van der Waals surface area contributed by atoms with Gasteiger partial charge >= 0.3 is 5.97 Å². The molecule has 0 bridgehead atoms. The molecule has 1 atom stereocenters. The zero-order valence-corrected chi connectivity index (χ0v) is 11.4. The van der Waals surface area contributed by atoms with E-state index in [2.05, 4.69) is 5.32 Å². The Morgan fingerprint density at radius 3 is 2.72 bits per heavy atom. The Balaban J connectivity index is 2.59. The molecule has 1 aromatic rings. The highest BCUT2D eigenvalue weighted by atomic mass is 35.5. The average molecular weight is 268 g/mol. The molecule has 98 valence electrons. The maximum atomic E-state index is 10.8. The molecule has 0 saturated carbocycles. The molecule has 0 amide bonds. The first-order valence-electron chi connectivity index (χ1n) is 5.96.